The Balaban J connectivity index is 1.75. The second-order valence-electron chi connectivity index (χ2n) is 8.14. The molecule has 7 heteroatoms. The molecule has 0 aliphatic carbocycles. The van der Waals surface area contributed by atoms with Gasteiger partial charge in [-0.15, -0.1) is 0 Å². The van der Waals surface area contributed by atoms with Gasteiger partial charge in [-0.2, -0.15) is 5.10 Å². The quantitative estimate of drug-likeness (QED) is 0.469. The maximum Gasteiger partial charge on any atom is 0.223 e. The van der Waals surface area contributed by atoms with E-state index in [4.69, 9.17) is 19.3 Å². The van der Waals surface area contributed by atoms with Crippen molar-refractivity contribution in [3.63, 3.8) is 0 Å². The Labute approximate surface area is 194 Å². The van der Waals surface area contributed by atoms with Crippen molar-refractivity contribution >= 4 is 5.91 Å². The molecule has 174 valence electrons. The van der Waals surface area contributed by atoms with Gasteiger partial charge in [0.05, 0.1) is 25.3 Å². The molecule has 1 aromatic heterocycles. The number of amides is 1. The van der Waals surface area contributed by atoms with Crippen LogP contribution < -0.4 is 9.47 Å². The van der Waals surface area contributed by atoms with Gasteiger partial charge in [-0.25, -0.2) is 4.68 Å². The van der Waals surface area contributed by atoms with Crippen molar-refractivity contribution in [1.29, 1.82) is 0 Å². The molecular formula is C26H31N3O4. The van der Waals surface area contributed by atoms with Gasteiger partial charge < -0.3 is 19.1 Å². The number of carbonyl (C=O) groups excluding carboxylic acids is 1. The zero-order valence-electron chi connectivity index (χ0n) is 19.5. The molecule has 3 aromatic rings. The van der Waals surface area contributed by atoms with Crippen molar-refractivity contribution in [2.24, 2.45) is 7.05 Å². The molecule has 0 unspecified atom stereocenters. The number of benzene rings is 2. The molecule has 1 amide bonds. The Morgan fingerprint density at radius 1 is 1.15 bits per heavy atom. The molecule has 0 spiro atoms. The molecule has 0 radical (unpaired) electrons. The van der Waals surface area contributed by atoms with Crippen LogP contribution in [0.1, 0.15) is 31.7 Å². The number of hydrogen-bond donors (Lipinski definition) is 0. The monoisotopic (exact) mass is 449 g/mol. The van der Waals surface area contributed by atoms with Crippen LogP contribution in [0.25, 0.3) is 11.3 Å². The highest BCUT2D eigenvalue weighted by molar-refractivity contribution is 5.76. The molecule has 0 bridgehead atoms. The molecule has 1 aliphatic rings. The van der Waals surface area contributed by atoms with Crippen LogP contribution in [-0.4, -0.2) is 47.0 Å². The fraction of sp³-hybridized carbons (Fsp3) is 0.385. The van der Waals surface area contributed by atoms with Gasteiger partial charge in [0.1, 0.15) is 5.69 Å². The Morgan fingerprint density at radius 3 is 2.55 bits per heavy atom. The third kappa shape index (κ3) is 5.20. The van der Waals surface area contributed by atoms with E-state index in [1.54, 1.807) is 11.8 Å². The summed E-state index contributed by atoms with van der Waals surface area (Å²) < 4.78 is 19.4. The van der Waals surface area contributed by atoms with Crippen LogP contribution >= 0.6 is 0 Å². The number of aryl methyl sites for hydroxylation is 1. The van der Waals surface area contributed by atoms with Gasteiger partial charge in [0.2, 0.25) is 11.8 Å². The topological polar surface area (TPSA) is 65.8 Å². The first-order valence-corrected chi connectivity index (χ1v) is 11.4. The van der Waals surface area contributed by atoms with E-state index >= 15 is 0 Å². The minimum Gasteiger partial charge on any atom is -0.493 e. The van der Waals surface area contributed by atoms with Gasteiger partial charge in [0.15, 0.2) is 11.5 Å². The SMILES string of the molecule is CCC(=O)N(Cc1c(-c2ccccc2)nn(C)c1Oc1ccccc1OC)C[C@H]1CCCO1. The van der Waals surface area contributed by atoms with E-state index in [1.807, 2.05) is 73.5 Å². The number of rotatable bonds is 9. The lowest BCUT2D eigenvalue weighted by molar-refractivity contribution is -0.133. The van der Waals surface area contributed by atoms with Gasteiger partial charge in [-0.05, 0) is 25.0 Å². The number of carbonyl (C=O) groups is 1. The van der Waals surface area contributed by atoms with E-state index < -0.39 is 0 Å². The zero-order valence-corrected chi connectivity index (χ0v) is 19.5. The van der Waals surface area contributed by atoms with E-state index in [9.17, 15) is 4.79 Å². The summed E-state index contributed by atoms with van der Waals surface area (Å²) in [5.74, 6) is 1.89. The molecule has 33 heavy (non-hydrogen) atoms. The van der Waals surface area contributed by atoms with Gasteiger partial charge in [0.25, 0.3) is 0 Å². The standard InChI is InChI=1S/C26H31N3O4/c1-4-24(30)29(17-20-13-10-16-32-20)18-21-25(19-11-6-5-7-12-19)27-28(2)26(21)33-23-15-9-8-14-22(23)31-3/h5-9,11-12,14-15,20H,4,10,13,16-18H2,1-3H3/t20-/m1/s1. The maximum absolute atomic E-state index is 12.9. The number of ether oxygens (including phenoxy) is 3. The van der Waals surface area contributed by atoms with E-state index in [0.717, 1.165) is 36.3 Å². The summed E-state index contributed by atoms with van der Waals surface area (Å²) in [6.07, 6.45) is 2.49. The van der Waals surface area contributed by atoms with Gasteiger partial charge in [0, 0.05) is 32.2 Å². The van der Waals surface area contributed by atoms with Crippen LogP contribution in [-0.2, 0) is 23.1 Å². The van der Waals surface area contributed by atoms with Gasteiger partial charge in [-0.1, -0.05) is 49.4 Å². The first kappa shape index (κ1) is 22.9. The normalized spacial score (nSPS) is 15.4. The molecular weight excluding hydrogens is 418 g/mol. The molecule has 7 nitrogen and oxygen atoms in total. The van der Waals surface area contributed by atoms with Crippen molar-refractivity contribution in [3.8, 4) is 28.6 Å². The molecule has 2 aromatic carbocycles. The molecule has 1 atom stereocenters. The molecule has 1 fully saturated rings. The molecule has 1 aliphatic heterocycles. The summed E-state index contributed by atoms with van der Waals surface area (Å²) in [5, 5.41) is 4.78. The lowest BCUT2D eigenvalue weighted by atomic mass is 10.1. The molecule has 1 saturated heterocycles. The van der Waals surface area contributed by atoms with Gasteiger partial charge in [-0.3, -0.25) is 4.79 Å². The summed E-state index contributed by atoms with van der Waals surface area (Å²) in [6, 6.07) is 17.5. The predicted octanol–water partition coefficient (Wildman–Crippen LogP) is 4.81. The largest absolute Gasteiger partial charge is 0.493 e. The van der Waals surface area contributed by atoms with Gasteiger partial charge >= 0.3 is 0 Å². The Morgan fingerprint density at radius 2 is 1.88 bits per heavy atom. The van der Waals surface area contributed by atoms with Crippen molar-refractivity contribution in [3.05, 3.63) is 60.2 Å². The summed E-state index contributed by atoms with van der Waals surface area (Å²) in [4.78, 5) is 14.8. The lowest BCUT2D eigenvalue weighted by Gasteiger charge is -2.25. The third-order valence-corrected chi connectivity index (χ3v) is 5.86. The van der Waals surface area contributed by atoms with Crippen LogP contribution in [0.5, 0.6) is 17.4 Å². The highest BCUT2D eigenvalue weighted by Gasteiger charge is 2.27. The van der Waals surface area contributed by atoms with E-state index in [1.165, 1.54) is 0 Å². The predicted molar refractivity (Wildman–Crippen MR) is 126 cm³/mol. The first-order valence-electron chi connectivity index (χ1n) is 11.4. The van der Waals surface area contributed by atoms with E-state index in [2.05, 4.69) is 0 Å². The smallest absolute Gasteiger partial charge is 0.223 e. The van der Waals surface area contributed by atoms with Crippen LogP contribution in [0, 0.1) is 0 Å². The highest BCUT2D eigenvalue weighted by Crippen LogP contribution is 2.37. The summed E-state index contributed by atoms with van der Waals surface area (Å²) >= 11 is 0. The van der Waals surface area contributed by atoms with E-state index in [-0.39, 0.29) is 12.0 Å². The maximum atomic E-state index is 12.9. The minimum atomic E-state index is 0.0657. The second kappa shape index (κ2) is 10.5. The molecule has 2 heterocycles. The van der Waals surface area contributed by atoms with Crippen molar-refractivity contribution in [2.45, 2.75) is 38.8 Å². The number of nitrogens with zero attached hydrogens (tertiary/aromatic N) is 3. The first-order chi connectivity index (χ1) is 16.1. The summed E-state index contributed by atoms with van der Waals surface area (Å²) in [6.45, 7) is 3.58. The molecule has 0 N–H and O–H groups in total. The van der Waals surface area contributed by atoms with Crippen LogP contribution in [0.2, 0.25) is 0 Å². The fourth-order valence-corrected chi connectivity index (χ4v) is 4.16. The zero-order chi connectivity index (χ0) is 23.2. The number of hydrogen-bond acceptors (Lipinski definition) is 5. The highest BCUT2D eigenvalue weighted by atomic mass is 16.5. The van der Waals surface area contributed by atoms with Crippen molar-refractivity contribution in [2.75, 3.05) is 20.3 Å². The van der Waals surface area contributed by atoms with Crippen LogP contribution in [0.3, 0.4) is 0 Å². The Kier molecular flexibility index (Phi) is 7.29. The van der Waals surface area contributed by atoms with Crippen LogP contribution in [0.4, 0.5) is 0 Å². The summed E-state index contributed by atoms with van der Waals surface area (Å²) in [5.41, 5.74) is 2.62. The van der Waals surface area contributed by atoms with Crippen molar-refractivity contribution in [1.82, 2.24) is 14.7 Å². The Bertz CT molecular complexity index is 1070. The number of methoxy groups -OCH3 is 1. The average molecular weight is 450 g/mol. The summed E-state index contributed by atoms with van der Waals surface area (Å²) in [7, 11) is 3.47. The number of para-hydroxylation sites is 2. The van der Waals surface area contributed by atoms with Crippen molar-refractivity contribution < 1.29 is 19.0 Å². The van der Waals surface area contributed by atoms with E-state index in [0.29, 0.717) is 36.9 Å². The molecule has 0 saturated carbocycles. The minimum absolute atomic E-state index is 0.0657. The fourth-order valence-electron chi connectivity index (χ4n) is 4.16. The third-order valence-electron chi connectivity index (χ3n) is 5.86. The number of aromatic nitrogens is 2. The lowest BCUT2D eigenvalue weighted by Crippen LogP contribution is -2.36. The van der Waals surface area contributed by atoms with Crippen LogP contribution in [0.15, 0.2) is 54.6 Å². The Hall–Kier alpha value is -3.32. The second-order valence-corrected chi connectivity index (χ2v) is 8.14. The average Bonchev–Trinajstić information content (AvgIpc) is 3.47. The molecule has 4 rings (SSSR count).